The maximum atomic E-state index is 12.4. The van der Waals surface area contributed by atoms with Gasteiger partial charge in [-0.25, -0.2) is 8.42 Å². The van der Waals surface area contributed by atoms with Crippen molar-refractivity contribution in [3.05, 3.63) is 59.4 Å². The summed E-state index contributed by atoms with van der Waals surface area (Å²) in [6.45, 7) is 0.249. The van der Waals surface area contributed by atoms with Crippen molar-refractivity contribution in [2.75, 3.05) is 6.54 Å². The van der Waals surface area contributed by atoms with Crippen molar-refractivity contribution < 1.29 is 22.4 Å². The van der Waals surface area contributed by atoms with E-state index in [0.29, 0.717) is 21.4 Å². The Morgan fingerprint density at radius 1 is 1.21 bits per heavy atom. The fourth-order valence-corrected chi connectivity index (χ4v) is 4.61. The van der Waals surface area contributed by atoms with E-state index in [9.17, 15) is 18.0 Å². The average Bonchev–Trinajstić information content (AvgIpc) is 3.31. The maximum absolute atomic E-state index is 12.4. The van der Waals surface area contributed by atoms with Crippen LogP contribution in [0.3, 0.4) is 0 Å². The fraction of sp³-hybridized carbons (Fsp3) is 0.167. The van der Waals surface area contributed by atoms with Crippen molar-refractivity contribution in [2.24, 2.45) is 0 Å². The third kappa shape index (κ3) is 5.54. The molecule has 2 N–H and O–H groups in total. The summed E-state index contributed by atoms with van der Waals surface area (Å²) in [7, 11) is -3.83. The summed E-state index contributed by atoms with van der Waals surface area (Å²) in [5.74, 6) is -0.210. The molecule has 1 saturated heterocycles. The number of carbonyl (C=O) groups excluding carboxylic acids is 2. The van der Waals surface area contributed by atoms with E-state index in [4.69, 9.17) is 16.6 Å². The van der Waals surface area contributed by atoms with E-state index < -0.39 is 15.9 Å². The molecule has 2 aromatic rings. The minimum absolute atomic E-state index is 0.0194. The standard InChI is InChI=1S/C18H17N3O5S3/c22-16(19-20-29(24,25)14-7-2-1-3-8-14)9-4-10-21-17(23)15(28-18(21)27)12-13-6-5-11-26-13/h1-3,5-8,11-12,20H,4,9-10H2,(H,19,22)/b15-12+. The molecule has 2 heterocycles. The molecule has 152 valence electrons. The summed E-state index contributed by atoms with van der Waals surface area (Å²) in [6.07, 6.45) is 3.46. The van der Waals surface area contributed by atoms with Crippen LogP contribution < -0.4 is 10.3 Å². The predicted molar refractivity (Wildman–Crippen MR) is 113 cm³/mol. The second-order valence-corrected chi connectivity index (χ2v) is 9.28. The van der Waals surface area contributed by atoms with E-state index >= 15 is 0 Å². The largest absolute Gasteiger partial charge is 0.465 e. The lowest BCUT2D eigenvalue weighted by Crippen LogP contribution is -2.41. The van der Waals surface area contributed by atoms with Gasteiger partial charge in [0.05, 0.1) is 16.1 Å². The van der Waals surface area contributed by atoms with Crippen molar-refractivity contribution in [1.29, 1.82) is 0 Å². The Hall–Kier alpha value is -2.47. The second kappa shape index (κ2) is 9.35. The van der Waals surface area contributed by atoms with Crippen LogP contribution in [0.5, 0.6) is 0 Å². The van der Waals surface area contributed by atoms with Gasteiger partial charge < -0.3 is 4.42 Å². The number of rotatable bonds is 8. The van der Waals surface area contributed by atoms with Gasteiger partial charge in [0.25, 0.3) is 15.9 Å². The van der Waals surface area contributed by atoms with Crippen LogP contribution in [-0.4, -0.2) is 36.0 Å². The lowest BCUT2D eigenvalue weighted by atomic mass is 10.3. The van der Waals surface area contributed by atoms with Gasteiger partial charge in [0.1, 0.15) is 10.1 Å². The molecular weight excluding hydrogens is 434 g/mol. The highest BCUT2D eigenvalue weighted by Crippen LogP contribution is 2.32. The van der Waals surface area contributed by atoms with Crippen molar-refractivity contribution in [3.8, 4) is 0 Å². The summed E-state index contributed by atoms with van der Waals surface area (Å²) in [5.41, 5.74) is 2.17. The van der Waals surface area contributed by atoms with Gasteiger partial charge in [0, 0.05) is 19.0 Å². The zero-order valence-corrected chi connectivity index (χ0v) is 17.5. The van der Waals surface area contributed by atoms with E-state index in [-0.39, 0.29) is 23.8 Å². The van der Waals surface area contributed by atoms with Crippen LogP contribution in [0.1, 0.15) is 18.6 Å². The number of benzene rings is 1. The monoisotopic (exact) mass is 451 g/mol. The number of hydrogen-bond acceptors (Lipinski definition) is 7. The number of furan rings is 1. The smallest absolute Gasteiger partial charge is 0.266 e. The summed E-state index contributed by atoms with van der Waals surface area (Å²) in [5, 5.41) is 0. The first kappa shape index (κ1) is 21.2. The highest BCUT2D eigenvalue weighted by atomic mass is 32.2. The normalized spacial score (nSPS) is 15.9. The molecular formula is C18H17N3O5S3. The lowest BCUT2D eigenvalue weighted by molar-refractivity contribution is -0.124. The number of thiocarbonyl (C=S) groups is 1. The Morgan fingerprint density at radius 3 is 2.66 bits per heavy atom. The molecule has 1 aliphatic heterocycles. The molecule has 0 aliphatic carbocycles. The summed E-state index contributed by atoms with van der Waals surface area (Å²) in [4.78, 5) is 28.3. The second-order valence-electron chi connectivity index (χ2n) is 5.92. The first-order chi connectivity index (χ1) is 13.9. The number of carbonyl (C=O) groups is 2. The Kier molecular flexibility index (Phi) is 6.85. The van der Waals surface area contributed by atoms with Crippen LogP contribution in [0.4, 0.5) is 0 Å². The first-order valence-electron chi connectivity index (χ1n) is 8.51. The number of sulfonamides is 1. The van der Waals surface area contributed by atoms with Crippen LogP contribution in [-0.2, 0) is 19.6 Å². The predicted octanol–water partition coefficient (Wildman–Crippen LogP) is 2.27. The molecule has 0 atom stereocenters. The summed E-state index contributed by atoms with van der Waals surface area (Å²) in [6, 6.07) is 11.1. The molecule has 0 unspecified atom stereocenters. The van der Waals surface area contributed by atoms with Gasteiger partial charge in [-0.1, -0.05) is 42.2 Å². The van der Waals surface area contributed by atoms with E-state index in [1.54, 1.807) is 36.4 Å². The molecule has 3 rings (SSSR count). The molecule has 0 bridgehead atoms. The highest BCUT2D eigenvalue weighted by molar-refractivity contribution is 8.26. The molecule has 1 aliphatic rings. The van der Waals surface area contributed by atoms with Gasteiger partial charge in [0.2, 0.25) is 5.91 Å². The van der Waals surface area contributed by atoms with Gasteiger partial charge in [-0.3, -0.25) is 19.9 Å². The Labute approximate surface area is 177 Å². The average molecular weight is 452 g/mol. The zero-order valence-electron chi connectivity index (χ0n) is 15.0. The van der Waals surface area contributed by atoms with Gasteiger partial charge >= 0.3 is 0 Å². The van der Waals surface area contributed by atoms with Crippen LogP contribution in [0, 0.1) is 0 Å². The zero-order chi connectivity index (χ0) is 20.9. The van der Waals surface area contributed by atoms with Crippen LogP contribution in [0.15, 0.2) is 62.9 Å². The van der Waals surface area contributed by atoms with Crippen LogP contribution in [0.25, 0.3) is 6.08 Å². The topological polar surface area (TPSA) is 109 Å². The highest BCUT2D eigenvalue weighted by Gasteiger charge is 2.31. The molecule has 1 aromatic carbocycles. The third-order valence-corrected chi connectivity index (χ3v) is 6.50. The van der Waals surface area contributed by atoms with Gasteiger partial charge in [-0.15, -0.1) is 4.83 Å². The third-order valence-electron chi connectivity index (χ3n) is 3.85. The number of hydrogen-bond donors (Lipinski definition) is 2. The minimum Gasteiger partial charge on any atom is -0.465 e. The van der Waals surface area contributed by atoms with Gasteiger partial charge in [-0.2, -0.15) is 0 Å². The number of hydrazine groups is 1. The molecule has 0 radical (unpaired) electrons. The molecule has 29 heavy (non-hydrogen) atoms. The summed E-state index contributed by atoms with van der Waals surface area (Å²) < 4.78 is 29.7. The Bertz CT molecular complexity index is 1030. The summed E-state index contributed by atoms with van der Waals surface area (Å²) >= 11 is 6.39. The number of nitrogens with zero attached hydrogens (tertiary/aromatic N) is 1. The number of amides is 2. The maximum Gasteiger partial charge on any atom is 0.266 e. The van der Waals surface area contributed by atoms with Crippen LogP contribution in [0.2, 0.25) is 0 Å². The molecule has 2 amide bonds. The van der Waals surface area contributed by atoms with Gasteiger partial charge in [0.15, 0.2) is 0 Å². The Morgan fingerprint density at radius 2 is 1.97 bits per heavy atom. The first-order valence-corrected chi connectivity index (χ1v) is 11.2. The molecule has 1 fully saturated rings. The molecule has 11 heteroatoms. The molecule has 0 spiro atoms. The number of nitrogens with one attached hydrogen (secondary N) is 2. The van der Waals surface area contributed by atoms with Crippen LogP contribution >= 0.6 is 24.0 Å². The van der Waals surface area contributed by atoms with E-state index in [0.717, 1.165) is 0 Å². The quantitative estimate of drug-likeness (QED) is 0.360. The fourth-order valence-electron chi connectivity index (χ4n) is 2.44. The number of thioether (sulfide) groups is 1. The van der Waals surface area contributed by atoms with E-state index in [1.165, 1.54) is 35.1 Å². The minimum atomic E-state index is -3.83. The van der Waals surface area contributed by atoms with E-state index in [2.05, 4.69) is 5.43 Å². The van der Waals surface area contributed by atoms with Crippen molar-refractivity contribution in [3.63, 3.8) is 0 Å². The van der Waals surface area contributed by atoms with Gasteiger partial charge in [-0.05, 0) is 30.7 Å². The molecule has 0 saturated carbocycles. The lowest BCUT2D eigenvalue weighted by Gasteiger charge is -2.14. The van der Waals surface area contributed by atoms with E-state index in [1.807, 2.05) is 4.83 Å². The van der Waals surface area contributed by atoms with Crippen molar-refractivity contribution >= 4 is 56.2 Å². The van der Waals surface area contributed by atoms with Crippen molar-refractivity contribution in [2.45, 2.75) is 17.7 Å². The SMILES string of the molecule is O=C(CCCN1C(=O)/C(=C\c2ccco2)SC1=S)NNS(=O)(=O)c1ccccc1. The Balaban J connectivity index is 1.46. The molecule has 8 nitrogen and oxygen atoms in total. The molecule has 1 aromatic heterocycles. The van der Waals surface area contributed by atoms with Crippen molar-refractivity contribution in [1.82, 2.24) is 15.2 Å².